The second-order valence-corrected chi connectivity index (χ2v) is 3.84. The van der Waals surface area contributed by atoms with Crippen LogP contribution in [0, 0.1) is 0 Å². The van der Waals surface area contributed by atoms with Crippen LogP contribution in [-0.2, 0) is 0 Å². The SMILES string of the molecule is C=CCCCC=NC1CCCCC1. The van der Waals surface area contributed by atoms with Gasteiger partial charge in [0.05, 0.1) is 0 Å². The van der Waals surface area contributed by atoms with E-state index in [4.69, 9.17) is 0 Å². The minimum absolute atomic E-state index is 0.650. The van der Waals surface area contributed by atoms with Gasteiger partial charge < -0.3 is 0 Å². The van der Waals surface area contributed by atoms with Gasteiger partial charge in [-0.1, -0.05) is 25.3 Å². The molecule has 0 aromatic rings. The van der Waals surface area contributed by atoms with E-state index in [2.05, 4.69) is 17.8 Å². The van der Waals surface area contributed by atoms with Crippen molar-refractivity contribution in [1.29, 1.82) is 0 Å². The Kier molecular flexibility index (Phi) is 5.55. The van der Waals surface area contributed by atoms with Gasteiger partial charge in [0, 0.05) is 6.04 Å². The van der Waals surface area contributed by atoms with E-state index in [1.54, 1.807) is 0 Å². The second-order valence-electron chi connectivity index (χ2n) is 3.84. The van der Waals surface area contributed by atoms with Crippen molar-refractivity contribution in [1.82, 2.24) is 0 Å². The molecular weight excluding hydrogens is 158 g/mol. The van der Waals surface area contributed by atoms with Crippen molar-refractivity contribution < 1.29 is 0 Å². The fourth-order valence-electron chi connectivity index (χ4n) is 1.81. The maximum absolute atomic E-state index is 4.60. The Balaban J connectivity index is 2.04. The van der Waals surface area contributed by atoms with E-state index in [0.29, 0.717) is 6.04 Å². The van der Waals surface area contributed by atoms with Crippen LogP contribution >= 0.6 is 0 Å². The third kappa shape index (κ3) is 4.87. The average molecular weight is 179 g/mol. The minimum Gasteiger partial charge on any atom is -0.294 e. The summed E-state index contributed by atoms with van der Waals surface area (Å²) in [6.07, 6.45) is 14.4. The molecule has 0 heterocycles. The van der Waals surface area contributed by atoms with E-state index in [1.807, 2.05) is 6.08 Å². The molecule has 0 bridgehead atoms. The predicted octanol–water partition coefficient (Wildman–Crippen LogP) is 3.75. The summed E-state index contributed by atoms with van der Waals surface area (Å²) in [7, 11) is 0. The van der Waals surface area contributed by atoms with Crippen molar-refractivity contribution in [3.63, 3.8) is 0 Å². The number of nitrogens with zero attached hydrogens (tertiary/aromatic N) is 1. The van der Waals surface area contributed by atoms with Gasteiger partial charge in [0.2, 0.25) is 0 Å². The Morgan fingerprint density at radius 2 is 1.92 bits per heavy atom. The van der Waals surface area contributed by atoms with Crippen LogP contribution in [0.25, 0.3) is 0 Å². The zero-order valence-electron chi connectivity index (χ0n) is 8.54. The highest BCUT2D eigenvalue weighted by atomic mass is 14.8. The lowest BCUT2D eigenvalue weighted by Gasteiger charge is -2.16. The first-order valence-electron chi connectivity index (χ1n) is 5.56. The molecule has 0 amide bonds. The topological polar surface area (TPSA) is 12.4 Å². The number of aliphatic imine (C=N–C) groups is 1. The summed E-state index contributed by atoms with van der Waals surface area (Å²) in [6.45, 7) is 3.70. The molecule has 0 unspecified atom stereocenters. The lowest BCUT2D eigenvalue weighted by atomic mass is 9.96. The summed E-state index contributed by atoms with van der Waals surface area (Å²) in [4.78, 5) is 4.60. The Hall–Kier alpha value is -0.590. The van der Waals surface area contributed by atoms with Gasteiger partial charge >= 0.3 is 0 Å². The van der Waals surface area contributed by atoms with Crippen LogP contribution in [0.1, 0.15) is 51.4 Å². The third-order valence-corrected chi connectivity index (χ3v) is 2.63. The minimum atomic E-state index is 0.650. The first kappa shape index (κ1) is 10.5. The molecule has 0 aromatic carbocycles. The summed E-state index contributed by atoms with van der Waals surface area (Å²) < 4.78 is 0. The molecule has 0 aromatic heterocycles. The number of hydrogen-bond acceptors (Lipinski definition) is 1. The summed E-state index contributed by atoms with van der Waals surface area (Å²) >= 11 is 0. The lowest BCUT2D eigenvalue weighted by molar-refractivity contribution is 0.444. The van der Waals surface area contributed by atoms with Crippen LogP contribution in [0.3, 0.4) is 0 Å². The van der Waals surface area contributed by atoms with Gasteiger partial charge in [-0.3, -0.25) is 4.99 Å². The van der Waals surface area contributed by atoms with E-state index in [0.717, 1.165) is 12.8 Å². The van der Waals surface area contributed by atoms with E-state index < -0.39 is 0 Å². The second kappa shape index (κ2) is 6.88. The van der Waals surface area contributed by atoms with Crippen LogP contribution in [-0.4, -0.2) is 12.3 Å². The van der Waals surface area contributed by atoms with Crippen molar-refractivity contribution in [2.75, 3.05) is 0 Å². The molecular formula is C12H21N. The molecule has 0 N–H and O–H groups in total. The van der Waals surface area contributed by atoms with Crippen LogP contribution in [0.5, 0.6) is 0 Å². The average Bonchev–Trinajstić information content (AvgIpc) is 2.19. The summed E-state index contributed by atoms with van der Waals surface area (Å²) in [5.74, 6) is 0. The van der Waals surface area contributed by atoms with Crippen molar-refractivity contribution in [2.24, 2.45) is 4.99 Å². The zero-order chi connectivity index (χ0) is 9.36. The highest BCUT2D eigenvalue weighted by Gasteiger charge is 2.10. The van der Waals surface area contributed by atoms with Crippen LogP contribution in [0.2, 0.25) is 0 Å². The predicted molar refractivity (Wildman–Crippen MR) is 59.4 cm³/mol. The van der Waals surface area contributed by atoms with Crippen molar-refractivity contribution in [2.45, 2.75) is 57.4 Å². The largest absolute Gasteiger partial charge is 0.294 e. The van der Waals surface area contributed by atoms with Crippen LogP contribution in [0.15, 0.2) is 17.6 Å². The van der Waals surface area contributed by atoms with Gasteiger partial charge in [-0.25, -0.2) is 0 Å². The summed E-state index contributed by atoms with van der Waals surface area (Å²) in [6, 6.07) is 0.650. The Labute approximate surface area is 82.0 Å². The van der Waals surface area contributed by atoms with Crippen LogP contribution in [0.4, 0.5) is 0 Å². The lowest BCUT2D eigenvalue weighted by Crippen LogP contribution is -2.09. The Bertz CT molecular complexity index is 155. The maximum Gasteiger partial charge on any atom is 0.0495 e. The molecule has 1 heteroatoms. The smallest absolute Gasteiger partial charge is 0.0495 e. The fraction of sp³-hybridized carbons (Fsp3) is 0.750. The van der Waals surface area contributed by atoms with E-state index >= 15 is 0 Å². The maximum atomic E-state index is 4.60. The first-order valence-corrected chi connectivity index (χ1v) is 5.56. The molecule has 0 saturated heterocycles. The Morgan fingerprint density at radius 3 is 2.62 bits per heavy atom. The van der Waals surface area contributed by atoms with Crippen molar-refractivity contribution in [3.8, 4) is 0 Å². The molecule has 1 saturated carbocycles. The van der Waals surface area contributed by atoms with E-state index in [9.17, 15) is 0 Å². The van der Waals surface area contributed by atoms with Gasteiger partial charge in [-0.2, -0.15) is 0 Å². The number of unbranched alkanes of at least 4 members (excludes halogenated alkanes) is 2. The molecule has 1 rings (SSSR count). The van der Waals surface area contributed by atoms with Gasteiger partial charge in [-0.15, -0.1) is 6.58 Å². The number of rotatable bonds is 5. The molecule has 0 atom stereocenters. The monoisotopic (exact) mass is 179 g/mol. The summed E-state index contributed by atoms with van der Waals surface area (Å²) in [5, 5.41) is 0. The third-order valence-electron chi connectivity index (χ3n) is 2.63. The van der Waals surface area contributed by atoms with Gasteiger partial charge in [0.15, 0.2) is 0 Å². The quantitative estimate of drug-likeness (QED) is 0.346. The molecule has 13 heavy (non-hydrogen) atoms. The van der Waals surface area contributed by atoms with Gasteiger partial charge in [0.1, 0.15) is 0 Å². The molecule has 0 aliphatic heterocycles. The molecule has 0 radical (unpaired) electrons. The highest BCUT2D eigenvalue weighted by molar-refractivity contribution is 5.57. The van der Waals surface area contributed by atoms with E-state index in [1.165, 1.54) is 38.5 Å². The molecule has 0 spiro atoms. The van der Waals surface area contributed by atoms with Crippen LogP contribution < -0.4 is 0 Å². The van der Waals surface area contributed by atoms with Gasteiger partial charge in [0.25, 0.3) is 0 Å². The van der Waals surface area contributed by atoms with Crippen molar-refractivity contribution in [3.05, 3.63) is 12.7 Å². The zero-order valence-corrected chi connectivity index (χ0v) is 8.54. The van der Waals surface area contributed by atoms with E-state index in [-0.39, 0.29) is 0 Å². The molecule has 1 aliphatic rings. The summed E-state index contributed by atoms with van der Waals surface area (Å²) in [5.41, 5.74) is 0. The normalized spacial score (nSPS) is 19.4. The highest BCUT2D eigenvalue weighted by Crippen LogP contribution is 2.19. The Morgan fingerprint density at radius 1 is 1.15 bits per heavy atom. The molecule has 1 fully saturated rings. The van der Waals surface area contributed by atoms with Gasteiger partial charge in [-0.05, 0) is 38.3 Å². The van der Waals surface area contributed by atoms with Crippen molar-refractivity contribution >= 4 is 6.21 Å². The standard InChI is InChI=1S/C12H21N/c1-2-3-4-8-11-13-12-9-6-5-7-10-12/h2,11-12H,1,3-10H2. The number of hydrogen-bond donors (Lipinski definition) is 0. The molecule has 1 nitrogen and oxygen atoms in total. The first-order chi connectivity index (χ1) is 6.43. The fourth-order valence-corrected chi connectivity index (χ4v) is 1.81. The molecule has 74 valence electrons. The number of allylic oxidation sites excluding steroid dienone is 1. The molecule has 1 aliphatic carbocycles.